The van der Waals surface area contributed by atoms with Gasteiger partial charge in [-0.1, -0.05) is 24.3 Å². The molecule has 3 aromatic carbocycles. The van der Waals surface area contributed by atoms with Gasteiger partial charge in [0.2, 0.25) is 0 Å². The average Bonchev–Trinajstić information content (AvgIpc) is 3.25. The molecule has 0 atom stereocenters. The first-order chi connectivity index (χ1) is 16.9. The highest BCUT2D eigenvalue weighted by atomic mass is 16.5. The number of nitrogens with one attached hydrogen (secondary N) is 1. The Kier molecular flexibility index (Phi) is 5.74. The number of carboxylic acid groups (broad SMARTS) is 1. The Balaban J connectivity index is 1.41. The van der Waals surface area contributed by atoms with Gasteiger partial charge in [0.1, 0.15) is 11.6 Å². The number of hydrogen-bond donors (Lipinski definition) is 2. The van der Waals surface area contributed by atoms with E-state index in [1.165, 1.54) is 0 Å². The lowest BCUT2D eigenvalue weighted by atomic mass is 10.0. The van der Waals surface area contributed by atoms with Crippen molar-refractivity contribution in [3.8, 4) is 17.1 Å². The van der Waals surface area contributed by atoms with Gasteiger partial charge in [0.15, 0.2) is 12.4 Å². The molecule has 0 saturated heterocycles. The summed E-state index contributed by atoms with van der Waals surface area (Å²) in [6.07, 6.45) is 0.216. The number of fused-ring (bicyclic) bond motifs is 2. The summed E-state index contributed by atoms with van der Waals surface area (Å²) in [5.74, 6) is 0.138. The molecule has 0 amide bonds. The fraction of sp³-hybridized carbons (Fsp3) is 0.143. The summed E-state index contributed by atoms with van der Waals surface area (Å²) in [5, 5.41) is 9.89. The Morgan fingerprint density at radius 1 is 0.914 bits per heavy atom. The number of carbonyl (C=O) groups excluding carboxylic acids is 1. The predicted molar refractivity (Wildman–Crippen MR) is 134 cm³/mol. The maximum absolute atomic E-state index is 13.0. The van der Waals surface area contributed by atoms with E-state index in [0.29, 0.717) is 17.1 Å². The fourth-order valence-corrected chi connectivity index (χ4v) is 4.30. The summed E-state index contributed by atoms with van der Waals surface area (Å²) in [5.41, 5.74) is 6.44. The third-order valence-electron chi connectivity index (χ3n) is 5.91. The summed E-state index contributed by atoms with van der Waals surface area (Å²) < 4.78 is 5.32. The maximum Gasteiger partial charge on any atom is 0.341 e. The minimum absolute atomic E-state index is 0.0156. The summed E-state index contributed by atoms with van der Waals surface area (Å²) in [7, 11) is 0. The van der Waals surface area contributed by atoms with Crippen LogP contribution in [0.1, 0.15) is 27.2 Å². The van der Waals surface area contributed by atoms with Crippen molar-refractivity contribution >= 4 is 33.7 Å². The molecule has 5 rings (SSSR count). The number of benzene rings is 3. The lowest BCUT2D eigenvalue weighted by molar-refractivity contribution is -0.139. The van der Waals surface area contributed by atoms with Crippen molar-refractivity contribution in [2.45, 2.75) is 20.3 Å². The van der Waals surface area contributed by atoms with Gasteiger partial charge in [0.05, 0.1) is 23.0 Å². The smallest absolute Gasteiger partial charge is 0.341 e. The molecule has 2 aromatic heterocycles. The normalized spacial score (nSPS) is 11.1. The van der Waals surface area contributed by atoms with Crippen LogP contribution >= 0.6 is 0 Å². The molecular formula is C28H23N3O4. The van der Waals surface area contributed by atoms with Crippen molar-refractivity contribution in [1.29, 1.82) is 0 Å². The molecule has 0 aliphatic rings. The molecule has 2 N–H and O–H groups in total. The molecule has 7 nitrogen and oxygen atoms in total. The first-order valence-electron chi connectivity index (χ1n) is 11.2. The van der Waals surface area contributed by atoms with E-state index in [9.17, 15) is 9.59 Å². The number of nitrogens with zero attached hydrogens (tertiary/aromatic N) is 2. The molecule has 174 valence electrons. The molecule has 2 heterocycles. The number of pyridine rings is 1. The minimum Gasteiger partial charge on any atom is -0.482 e. The summed E-state index contributed by atoms with van der Waals surface area (Å²) >= 11 is 0. The van der Waals surface area contributed by atoms with Crippen LogP contribution in [0.5, 0.6) is 5.75 Å². The van der Waals surface area contributed by atoms with E-state index >= 15 is 0 Å². The van der Waals surface area contributed by atoms with E-state index in [1.807, 2.05) is 62.4 Å². The Labute approximate surface area is 201 Å². The number of carbonyl (C=O) groups is 2. The number of para-hydroxylation sites is 1. The van der Waals surface area contributed by atoms with Gasteiger partial charge in [-0.25, -0.2) is 9.78 Å². The Hall–Kier alpha value is -4.52. The molecule has 0 aliphatic heterocycles. The molecule has 0 saturated carbocycles. The standard InChI is InChI=1S/C28H23N3O4/c1-16-11-21(35-15-26(33)34)12-17(2)27(16)28-30-23-10-8-19(13-24(23)31-28)25(32)14-20-9-7-18-5-3-4-6-22(18)29-20/h3-13H,14-15H2,1-2H3,(H,30,31)(H,33,34). The van der Waals surface area contributed by atoms with Crippen molar-refractivity contribution in [3.05, 3.63) is 89.1 Å². The average molecular weight is 466 g/mol. The molecular weight excluding hydrogens is 442 g/mol. The van der Waals surface area contributed by atoms with Crippen molar-refractivity contribution < 1.29 is 19.4 Å². The van der Waals surface area contributed by atoms with E-state index in [-0.39, 0.29) is 12.2 Å². The number of ether oxygens (including phenoxy) is 1. The van der Waals surface area contributed by atoms with Crippen LogP contribution in [0.15, 0.2) is 66.7 Å². The van der Waals surface area contributed by atoms with Crippen molar-refractivity contribution in [1.82, 2.24) is 15.0 Å². The maximum atomic E-state index is 13.0. The number of imidazole rings is 1. The molecule has 0 fully saturated rings. The van der Waals surface area contributed by atoms with Crippen LogP contribution in [0.25, 0.3) is 33.3 Å². The molecule has 7 heteroatoms. The second-order valence-corrected chi connectivity index (χ2v) is 8.53. The minimum atomic E-state index is -1.02. The Morgan fingerprint density at radius 2 is 1.69 bits per heavy atom. The highest BCUT2D eigenvalue weighted by Crippen LogP contribution is 2.31. The molecule has 0 unspecified atom stereocenters. The zero-order chi connectivity index (χ0) is 24.5. The third-order valence-corrected chi connectivity index (χ3v) is 5.91. The zero-order valence-electron chi connectivity index (χ0n) is 19.3. The van der Waals surface area contributed by atoms with Gasteiger partial charge in [-0.3, -0.25) is 9.78 Å². The number of aromatic nitrogens is 3. The Bertz CT molecular complexity index is 1580. The second-order valence-electron chi connectivity index (χ2n) is 8.53. The van der Waals surface area contributed by atoms with Crippen LogP contribution in [-0.2, 0) is 11.2 Å². The molecule has 0 radical (unpaired) electrons. The topological polar surface area (TPSA) is 105 Å². The molecule has 5 aromatic rings. The highest BCUT2D eigenvalue weighted by molar-refractivity contribution is 6.00. The van der Waals surface area contributed by atoms with E-state index in [4.69, 9.17) is 14.8 Å². The molecule has 35 heavy (non-hydrogen) atoms. The lowest BCUT2D eigenvalue weighted by Gasteiger charge is -2.11. The summed E-state index contributed by atoms with van der Waals surface area (Å²) in [4.78, 5) is 36.4. The van der Waals surface area contributed by atoms with Crippen LogP contribution in [0.4, 0.5) is 0 Å². The number of aliphatic carboxylic acids is 1. The first-order valence-corrected chi connectivity index (χ1v) is 11.2. The molecule has 0 spiro atoms. The van der Waals surface area contributed by atoms with Crippen LogP contribution < -0.4 is 4.74 Å². The lowest BCUT2D eigenvalue weighted by Crippen LogP contribution is -2.09. The number of hydrogen-bond acceptors (Lipinski definition) is 5. The van der Waals surface area contributed by atoms with Crippen LogP contribution in [0, 0.1) is 13.8 Å². The molecule has 0 bridgehead atoms. The number of rotatable bonds is 7. The van der Waals surface area contributed by atoms with Crippen LogP contribution in [-0.4, -0.2) is 38.4 Å². The van der Waals surface area contributed by atoms with Gasteiger partial charge >= 0.3 is 5.97 Å². The largest absolute Gasteiger partial charge is 0.482 e. The van der Waals surface area contributed by atoms with Gasteiger partial charge in [-0.05, 0) is 67.4 Å². The summed E-state index contributed by atoms with van der Waals surface area (Å²) in [6.45, 7) is 3.46. The van der Waals surface area contributed by atoms with Crippen LogP contribution in [0.3, 0.4) is 0 Å². The fourth-order valence-electron chi connectivity index (χ4n) is 4.30. The van der Waals surface area contributed by atoms with Gasteiger partial charge < -0.3 is 14.8 Å². The van der Waals surface area contributed by atoms with E-state index in [1.54, 1.807) is 18.2 Å². The number of ketones is 1. The van der Waals surface area contributed by atoms with Crippen molar-refractivity contribution in [3.63, 3.8) is 0 Å². The van der Waals surface area contributed by atoms with Gasteiger partial charge in [-0.2, -0.15) is 0 Å². The van der Waals surface area contributed by atoms with Crippen LogP contribution in [0.2, 0.25) is 0 Å². The number of aromatic amines is 1. The van der Waals surface area contributed by atoms with E-state index < -0.39 is 12.6 Å². The zero-order valence-corrected chi connectivity index (χ0v) is 19.3. The van der Waals surface area contributed by atoms with Gasteiger partial charge in [0.25, 0.3) is 0 Å². The monoisotopic (exact) mass is 465 g/mol. The van der Waals surface area contributed by atoms with E-state index in [0.717, 1.165) is 44.3 Å². The highest BCUT2D eigenvalue weighted by Gasteiger charge is 2.15. The SMILES string of the molecule is Cc1cc(OCC(=O)O)cc(C)c1-c1nc2ccc(C(=O)Cc3ccc4ccccc4n3)cc2[nH]1. The number of H-pyrrole nitrogens is 1. The predicted octanol–water partition coefficient (Wildman–Crippen LogP) is 5.28. The van der Waals surface area contributed by atoms with Crippen molar-refractivity contribution in [2.75, 3.05) is 6.61 Å². The Morgan fingerprint density at radius 3 is 2.46 bits per heavy atom. The first kappa shape index (κ1) is 22.3. The second kappa shape index (κ2) is 9.02. The van der Waals surface area contributed by atoms with E-state index in [2.05, 4.69) is 9.97 Å². The number of aryl methyl sites for hydroxylation is 2. The van der Waals surface area contributed by atoms with Gasteiger partial charge in [-0.15, -0.1) is 0 Å². The number of carboxylic acids is 1. The van der Waals surface area contributed by atoms with Crippen molar-refractivity contribution in [2.24, 2.45) is 0 Å². The van der Waals surface area contributed by atoms with Gasteiger partial charge in [0, 0.05) is 22.2 Å². The quantitative estimate of drug-likeness (QED) is 0.317. The summed E-state index contributed by atoms with van der Waals surface area (Å²) in [6, 6.07) is 20.8. The number of Topliss-reactive ketones (excluding diaryl/α,β-unsaturated/α-hetero) is 1. The third kappa shape index (κ3) is 4.61. The molecule has 0 aliphatic carbocycles.